The van der Waals surface area contributed by atoms with Crippen molar-refractivity contribution in [2.24, 2.45) is 5.92 Å². The topological polar surface area (TPSA) is 23.5 Å². The van der Waals surface area contributed by atoms with Crippen LogP contribution in [0.3, 0.4) is 0 Å². The molecule has 1 saturated carbocycles. The van der Waals surface area contributed by atoms with Gasteiger partial charge in [0.2, 0.25) is 0 Å². The lowest BCUT2D eigenvalue weighted by molar-refractivity contribution is -0.0398. The smallest absolute Gasteiger partial charge is 0.0723 e. The molecule has 1 N–H and O–H groups in total. The number of rotatable bonds is 9. The van der Waals surface area contributed by atoms with Crippen LogP contribution in [0.1, 0.15) is 66.2 Å². The second-order valence-electron chi connectivity index (χ2n) is 5.52. The van der Waals surface area contributed by atoms with Crippen LogP contribution in [0.25, 0.3) is 0 Å². The minimum Gasteiger partial charge on any atom is -0.391 e. The highest BCUT2D eigenvalue weighted by Crippen LogP contribution is 2.37. The Kier molecular flexibility index (Phi) is 5.94. The Morgan fingerprint density at radius 2 is 1.65 bits per heavy atom. The molecular weight excluding hydrogens is 210 g/mol. The second kappa shape index (κ2) is 6.75. The Morgan fingerprint density at radius 3 is 2.00 bits per heavy atom. The van der Waals surface area contributed by atoms with Crippen LogP contribution < -0.4 is 0 Å². The predicted molar refractivity (Wildman–Crippen MR) is 74.2 cm³/mol. The van der Waals surface area contributed by atoms with E-state index in [1.165, 1.54) is 19.3 Å². The third-order valence-corrected chi connectivity index (χ3v) is 4.78. The molecule has 0 saturated heterocycles. The average molecular weight is 241 g/mol. The molecule has 2 nitrogen and oxygen atoms in total. The fraction of sp³-hybridized carbons (Fsp3) is 1.00. The van der Waals surface area contributed by atoms with E-state index in [-0.39, 0.29) is 11.6 Å². The van der Waals surface area contributed by atoms with Crippen LogP contribution in [0.5, 0.6) is 0 Å². The first-order valence-corrected chi connectivity index (χ1v) is 7.57. The molecule has 102 valence electrons. The normalized spacial score (nSPS) is 18.7. The zero-order valence-electron chi connectivity index (χ0n) is 12.2. The van der Waals surface area contributed by atoms with Crippen LogP contribution in [0, 0.1) is 5.92 Å². The fourth-order valence-electron chi connectivity index (χ4n) is 3.30. The van der Waals surface area contributed by atoms with Crippen molar-refractivity contribution in [1.29, 1.82) is 0 Å². The van der Waals surface area contributed by atoms with Gasteiger partial charge in [0, 0.05) is 5.54 Å². The number of hydrogen-bond acceptors (Lipinski definition) is 2. The van der Waals surface area contributed by atoms with Gasteiger partial charge in [-0.2, -0.15) is 0 Å². The summed E-state index contributed by atoms with van der Waals surface area (Å²) in [6.45, 7) is 10.9. The molecule has 0 aromatic heterocycles. The molecule has 1 unspecified atom stereocenters. The summed E-state index contributed by atoms with van der Waals surface area (Å²) in [4.78, 5) is 2.46. The molecule has 0 aromatic carbocycles. The minimum absolute atomic E-state index is 0.0123. The molecule has 1 rings (SSSR count). The molecule has 2 heteroatoms. The first kappa shape index (κ1) is 15.0. The largest absolute Gasteiger partial charge is 0.391 e. The zero-order valence-corrected chi connectivity index (χ0v) is 12.2. The van der Waals surface area contributed by atoms with E-state index in [2.05, 4.69) is 32.6 Å². The summed E-state index contributed by atoms with van der Waals surface area (Å²) in [6.07, 6.45) is 6.95. The maximum Gasteiger partial charge on any atom is 0.0723 e. The van der Waals surface area contributed by atoms with E-state index in [1.807, 2.05) is 0 Å². The first-order chi connectivity index (χ1) is 8.14. The van der Waals surface area contributed by atoms with Crippen LogP contribution in [0.15, 0.2) is 0 Å². The summed E-state index contributed by atoms with van der Waals surface area (Å²) in [5.41, 5.74) is 0.0123. The van der Waals surface area contributed by atoms with Gasteiger partial charge in [-0.3, -0.25) is 4.90 Å². The third kappa shape index (κ3) is 3.45. The van der Waals surface area contributed by atoms with Crippen molar-refractivity contribution in [1.82, 2.24) is 4.90 Å². The lowest BCUT2D eigenvalue weighted by atomic mass is 9.82. The van der Waals surface area contributed by atoms with Crippen LogP contribution in [-0.2, 0) is 0 Å². The quantitative estimate of drug-likeness (QED) is 0.668. The van der Waals surface area contributed by atoms with Crippen molar-refractivity contribution >= 4 is 0 Å². The summed E-state index contributed by atoms with van der Waals surface area (Å²) in [7, 11) is 0. The van der Waals surface area contributed by atoms with E-state index >= 15 is 0 Å². The van der Waals surface area contributed by atoms with Gasteiger partial charge in [-0.25, -0.2) is 0 Å². The maximum absolute atomic E-state index is 10.6. The lowest BCUT2D eigenvalue weighted by Gasteiger charge is -2.46. The Labute approximate surface area is 107 Å². The van der Waals surface area contributed by atoms with Crippen LogP contribution >= 0.6 is 0 Å². The van der Waals surface area contributed by atoms with Crippen molar-refractivity contribution < 1.29 is 5.11 Å². The van der Waals surface area contributed by atoms with E-state index in [0.717, 1.165) is 38.3 Å². The van der Waals surface area contributed by atoms with Gasteiger partial charge in [-0.15, -0.1) is 0 Å². The van der Waals surface area contributed by atoms with E-state index in [4.69, 9.17) is 0 Å². The monoisotopic (exact) mass is 241 g/mol. The zero-order chi connectivity index (χ0) is 12.9. The number of likely N-dealkylation sites (N-methyl/N-ethyl adjacent to an activating group) is 1. The molecule has 1 atom stereocenters. The fourth-order valence-corrected chi connectivity index (χ4v) is 3.30. The molecule has 17 heavy (non-hydrogen) atoms. The molecule has 0 aliphatic heterocycles. The third-order valence-electron chi connectivity index (χ3n) is 4.78. The molecule has 1 aliphatic rings. The minimum atomic E-state index is -0.155. The van der Waals surface area contributed by atoms with Crippen molar-refractivity contribution in [3.63, 3.8) is 0 Å². The van der Waals surface area contributed by atoms with E-state index in [0.29, 0.717) is 0 Å². The van der Waals surface area contributed by atoms with Crippen molar-refractivity contribution in [3.8, 4) is 0 Å². The highest BCUT2D eigenvalue weighted by molar-refractivity contribution is 4.95. The number of nitrogens with zero attached hydrogens (tertiary/aromatic N) is 1. The standard InChI is InChI=1S/C15H31NO/c1-5-15(6-2,16(7-3)8-4)14(17)12-11-13-9-10-13/h13-14,17H,5-12H2,1-4H3. The van der Waals surface area contributed by atoms with Gasteiger partial charge < -0.3 is 5.11 Å². The molecule has 0 radical (unpaired) electrons. The Hall–Kier alpha value is -0.0800. The Balaban J connectivity index is 2.64. The number of aliphatic hydroxyl groups is 1. The van der Waals surface area contributed by atoms with Gasteiger partial charge in [0.05, 0.1) is 6.10 Å². The Morgan fingerprint density at radius 1 is 1.12 bits per heavy atom. The molecule has 1 fully saturated rings. The maximum atomic E-state index is 10.6. The van der Waals surface area contributed by atoms with Crippen LogP contribution in [0.4, 0.5) is 0 Å². The summed E-state index contributed by atoms with van der Waals surface area (Å²) < 4.78 is 0. The lowest BCUT2D eigenvalue weighted by Crippen LogP contribution is -2.56. The summed E-state index contributed by atoms with van der Waals surface area (Å²) in [6, 6.07) is 0. The molecule has 1 aliphatic carbocycles. The second-order valence-corrected chi connectivity index (χ2v) is 5.52. The van der Waals surface area contributed by atoms with Crippen LogP contribution in [0.2, 0.25) is 0 Å². The van der Waals surface area contributed by atoms with Gasteiger partial charge in [-0.05, 0) is 44.7 Å². The molecule has 0 bridgehead atoms. The van der Waals surface area contributed by atoms with Gasteiger partial charge in [0.25, 0.3) is 0 Å². The Bertz CT molecular complexity index is 205. The highest BCUT2D eigenvalue weighted by Gasteiger charge is 2.39. The SMILES string of the molecule is CCN(CC)C(CC)(CC)C(O)CCC1CC1. The molecular formula is C15H31NO. The molecule has 0 aromatic rings. The van der Waals surface area contributed by atoms with Gasteiger partial charge in [-0.1, -0.05) is 40.5 Å². The molecule has 0 heterocycles. The highest BCUT2D eigenvalue weighted by atomic mass is 16.3. The first-order valence-electron chi connectivity index (χ1n) is 7.57. The van der Waals surface area contributed by atoms with Crippen molar-refractivity contribution in [2.45, 2.75) is 77.9 Å². The van der Waals surface area contributed by atoms with Gasteiger partial charge in [0.1, 0.15) is 0 Å². The average Bonchev–Trinajstić information content (AvgIpc) is 3.17. The molecule has 0 spiro atoms. The van der Waals surface area contributed by atoms with E-state index < -0.39 is 0 Å². The number of aliphatic hydroxyl groups excluding tert-OH is 1. The van der Waals surface area contributed by atoms with E-state index in [1.54, 1.807) is 0 Å². The van der Waals surface area contributed by atoms with Crippen molar-refractivity contribution in [3.05, 3.63) is 0 Å². The van der Waals surface area contributed by atoms with Gasteiger partial charge >= 0.3 is 0 Å². The predicted octanol–water partition coefficient (Wildman–Crippen LogP) is 3.44. The molecule has 0 amide bonds. The summed E-state index contributed by atoms with van der Waals surface area (Å²) in [5.74, 6) is 0.924. The van der Waals surface area contributed by atoms with Gasteiger partial charge in [0.15, 0.2) is 0 Å². The summed E-state index contributed by atoms with van der Waals surface area (Å²) >= 11 is 0. The van der Waals surface area contributed by atoms with E-state index in [9.17, 15) is 5.11 Å². The summed E-state index contributed by atoms with van der Waals surface area (Å²) in [5, 5.41) is 10.6. The van der Waals surface area contributed by atoms with Crippen LogP contribution in [-0.4, -0.2) is 34.7 Å². The number of hydrogen-bond donors (Lipinski definition) is 1. The van der Waals surface area contributed by atoms with Crippen molar-refractivity contribution in [2.75, 3.05) is 13.1 Å².